The van der Waals surface area contributed by atoms with Crippen LogP contribution in [0.3, 0.4) is 0 Å². The summed E-state index contributed by atoms with van der Waals surface area (Å²) < 4.78 is 15.8. The van der Waals surface area contributed by atoms with Crippen molar-refractivity contribution < 1.29 is 4.39 Å². The first-order chi connectivity index (χ1) is 14.0. The zero-order valence-corrected chi connectivity index (χ0v) is 20.2. The molecule has 0 saturated heterocycles. The van der Waals surface area contributed by atoms with Crippen molar-refractivity contribution in [3.8, 4) is 0 Å². The Kier molecular flexibility index (Phi) is 8.83. The summed E-state index contributed by atoms with van der Waals surface area (Å²) in [6, 6.07) is 15.6. The van der Waals surface area contributed by atoms with Crippen molar-refractivity contribution in [3.63, 3.8) is 0 Å². The number of guanidine groups is 1. The van der Waals surface area contributed by atoms with E-state index in [1.54, 1.807) is 26.1 Å². The summed E-state index contributed by atoms with van der Waals surface area (Å²) in [5, 5.41) is 11.3. The number of hydrogen-bond acceptors (Lipinski definition) is 2. The Hall–Kier alpha value is -2.42. The number of aromatic nitrogens is 2. The van der Waals surface area contributed by atoms with Crippen LogP contribution in [0, 0.1) is 26.6 Å². The lowest BCUT2D eigenvalue weighted by Gasteiger charge is -2.13. The predicted octanol–water partition coefficient (Wildman–Crippen LogP) is 4.48. The summed E-state index contributed by atoms with van der Waals surface area (Å²) >= 11 is 0. The summed E-state index contributed by atoms with van der Waals surface area (Å²) in [4.78, 5) is 4.27. The maximum atomic E-state index is 13.7. The first-order valence-electron chi connectivity index (χ1n) is 9.74. The van der Waals surface area contributed by atoms with Gasteiger partial charge in [-0.2, -0.15) is 5.10 Å². The fourth-order valence-electron chi connectivity index (χ4n) is 3.22. The quantitative estimate of drug-likeness (QED) is 0.286. The van der Waals surface area contributed by atoms with E-state index in [0.717, 1.165) is 29.1 Å². The van der Waals surface area contributed by atoms with Crippen molar-refractivity contribution in [2.45, 2.75) is 40.4 Å². The fraction of sp³-hybridized carbons (Fsp3) is 0.304. The van der Waals surface area contributed by atoms with E-state index in [1.807, 2.05) is 35.9 Å². The van der Waals surface area contributed by atoms with Crippen LogP contribution >= 0.6 is 24.0 Å². The fourth-order valence-corrected chi connectivity index (χ4v) is 3.22. The first kappa shape index (κ1) is 23.9. The van der Waals surface area contributed by atoms with Gasteiger partial charge in [0.1, 0.15) is 5.82 Å². The Morgan fingerprint density at radius 1 is 1.00 bits per heavy atom. The summed E-state index contributed by atoms with van der Waals surface area (Å²) in [6.45, 7) is 7.74. The maximum Gasteiger partial charge on any atom is 0.191 e. The molecule has 0 saturated carbocycles. The zero-order valence-electron chi connectivity index (χ0n) is 17.9. The maximum absolute atomic E-state index is 13.7. The van der Waals surface area contributed by atoms with Crippen LogP contribution in [0.1, 0.15) is 33.6 Å². The van der Waals surface area contributed by atoms with Crippen LogP contribution in [0.4, 0.5) is 4.39 Å². The van der Waals surface area contributed by atoms with Crippen LogP contribution in [0.25, 0.3) is 0 Å². The number of benzene rings is 2. The van der Waals surface area contributed by atoms with Gasteiger partial charge >= 0.3 is 0 Å². The molecule has 0 aliphatic heterocycles. The SMILES string of the molecule is CN=C(NCc1ccc(C)c(F)c1)NCc1c(C)nn(Cc2ccccc2)c1C.I. The van der Waals surface area contributed by atoms with Gasteiger partial charge in [-0.3, -0.25) is 9.67 Å². The van der Waals surface area contributed by atoms with Crippen molar-refractivity contribution in [1.29, 1.82) is 0 Å². The van der Waals surface area contributed by atoms with Crippen molar-refractivity contribution in [2.75, 3.05) is 7.05 Å². The molecule has 3 aromatic rings. The molecule has 0 radical (unpaired) electrons. The second-order valence-electron chi connectivity index (χ2n) is 7.16. The average molecular weight is 521 g/mol. The Morgan fingerprint density at radius 3 is 2.37 bits per heavy atom. The number of nitrogens with zero attached hydrogens (tertiary/aromatic N) is 3. The molecule has 0 bridgehead atoms. The molecule has 3 rings (SSSR count). The van der Waals surface area contributed by atoms with Gasteiger partial charge < -0.3 is 10.6 Å². The molecule has 0 fully saturated rings. The number of halogens is 2. The van der Waals surface area contributed by atoms with E-state index in [9.17, 15) is 4.39 Å². The van der Waals surface area contributed by atoms with Gasteiger partial charge in [0, 0.05) is 31.4 Å². The summed E-state index contributed by atoms with van der Waals surface area (Å²) in [5.41, 5.74) is 6.04. The van der Waals surface area contributed by atoms with Crippen LogP contribution < -0.4 is 10.6 Å². The van der Waals surface area contributed by atoms with Gasteiger partial charge in [-0.15, -0.1) is 24.0 Å². The largest absolute Gasteiger partial charge is 0.352 e. The van der Waals surface area contributed by atoms with Gasteiger partial charge in [-0.05, 0) is 43.5 Å². The monoisotopic (exact) mass is 521 g/mol. The highest BCUT2D eigenvalue weighted by molar-refractivity contribution is 14.0. The van der Waals surface area contributed by atoms with Gasteiger partial charge in [0.25, 0.3) is 0 Å². The summed E-state index contributed by atoms with van der Waals surface area (Å²) in [5.74, 6) is 0.477. The first-order valence-corrected chi connectivity index (χ1v) is 9.74. The topological polar surface area (TPSA) is 54.2 Å². The summed E-state index contributed by atoms with van der Waals surface area (Å²) in [7, 11) is 1.73. The minimum atomic E-state index is -0.190. The molecule has 0 aliphatic carbocycles. The molecule has 2 aromatic carbocycles. The van der Waals surface area contributed by atoms with Gasteiger partial charge in [-0.25, -0.2) is 4.39 Å². The lowest BCUT2D eigenvalue weighted by atomic mass is 10.1. The standard InChI is InChI=1S/C23H28FN5.HI/c1-16-10-11-20(12-22(16)24)13-26-23(25-4)27-14-21-17(2)28-29(18(21)3)15-19-8-6-5-7-9-19;/h5-12H,13-15H2,1-4H3,(H2,25,26,27);1H. The number of nitrogens with one attached hydrogen (secondary N) is 2. The van der Waals surface area contributed by atoms with E-state index in [0.29, 0.717) is 24.6 Å². The van der Waals surface area contributed by atoms with Crippen molar-refractivity contribution in [1.82, 2.24) is 20.4 Å². The third-order valence-corrected chi connectivity index (χ3v) is 5.06. The van der Waals surface area contributed by atoms with Crippen molar-refractivity contribution in [2.24, 2.45) is 4.99 Å². The smallest absolute Gasteiger partial charge is 0.191 e. The zero-order chi connectivity index (χ0) is 20.8. The second kappa shape index (κ2) is 11.1. The Balaban J connectivity index is 0.00000320. The molecule has 5 nitrogen and oxygen atoms in total. The van der Waals surface area contributed by atoms with E-state index in [1.165, 1.54) is 5.56 Å². The second-order valence-corrected chi connectivity index (χ2v) is 7.16. The Bertz CT molecular complexity index is 998. The molecule has 0 atom stereocenters. The minimum Gasteiger partial charge on any atom is -0.352 e. The Labute approximate surface area is 194 Å². The summed E-state index contributed by atoms with van der Waals surface area (Å²) in [6.07, 6.45) is 0. The van der Waals surface area contributed by atoms with E-state index in [-0.39, 0.29) is 29.8 Å². The molecule has 0 unspecified atom stereocenters. The number of hydrogen-bond donors (Lipinski definition) is 2. The molecule has 30 heavy (non-hydrogen) atoms. The number of aryl methyl sites for hydroxylation is 2. The van der Waals surface area contributed by atoms with Gasteiger partial charge in [0.15, 0.2) is 5.96 Å². The molecule has 160 valence electrons. The third-order valence-electron chi connectivity index (χ3n) is 5.06. The number of rotatable bonds is 6. The lowest BCUT2D eigenvalue weighted by molar-refractivity contribution is 0.615. The van der Waals surface area contributed by atoms with E-state index in [2.05, 4.69) is 34.7 Å². The normalized spacial score (nSPS) is 11.2. The van der Waals surface area contributed by atoms with E-state index in [4.69, 9.17) is 5.10 Å². The van der Waals surface area contributed by atoms with E-state index < -0.39 is 0 Å². The van der Waals surface area contributed by atoms with Crippen LogP contribution in [-0.4, -0.2) is 22.8 Å². The molecule has 7 heteroatoms. The molecule has 0 spiro atoms. The van der Waals surface area contributed by atoms with Crippen LogP contribution in [0.5, 0.6) is 0 Å². The molecular weight excluding hydrogens is 492 g/mol. The highest BCUT2D eigenvalue weighted by Crippen LogP contribution is 2.15. The molecule has 0 amide bonds. The molecule has 0 aliphatic rings. The van der Waals surface area contributed by atoms with Gasteiger partial charge in [0.2, 0.25) is 0 Å². The van der Waals surface area contributed by atoms with Crippen molar-refractivity contribution >= 4 is 29.9 Å². The van der Waals surface area contributed by atoms with Gasteiger partial charge in [0.05, 0.1) is 12.2 Å². The number of aliphatic imine (C=N–C) groups is 1. The lowest BCUT2D eigenvalue weighted by Crippen LogP contribution is -2.36. The van der Waals surface area contributed by atoms with Crippen LogP contribution in [0.2, 0.25) is 0 Å². The highest BCUT2D eigenvalue weighted by Gasteiger charge is 2.12. The van der Waals surface area contributed by atoms with Crippen LogP contribution in [-0.2, 0) is 19.6 Å². The minimum absolute atomic E-state index is 0. The van der Waals surface area contributed by atoms with Gasteiger partial charge in [-0.1, -0.05) is 42.5 Å². The van der Waals surface area contributed by atoms with Crippen LogP contribution in [0.15, 0.2) is 53.5 Å². The molecule has 1 heterocycles. The molecule has 1 aromatic heterocycles. The highest BCUT2D eigenvalue weighted by atomic mass is 127. The molecular formula is C23H29FIN5. The predicted molar refractivity (Wildman–Crippen MR) is 131 cm³/mol. The van der Waals surface area contributed by atoms with Crippen molar-refractivity contribution in [3.05, 3.63) is 88.0 Å². The molecule has 2 N–H and O–H groups in total. The third kappa shape index (κ3) is 6.04. The van der Waals surface area contributed by atoms with E-state index >= 15 is 0 Å². The average Bonchev–Trinajstić information content (AvgIpc) is 2.98. The Morgan fingerprint density at radius 2 is 1.70 bits per heavy atom.